The standard InChI is InChI=1S/C16H19N3O6S3/c1-25-14-6-4-13(5-7-14)18-16(26)19-27(20,21)15-8-2-12(3-9-15)10-11-17-28(22,23)24/h2-9,17H,10-11H2,1H3,(H2,18,19,26)(H,22,23,24). The smallest absolute Gasteiger partial charge is 0.333 e. The van der Waals surface area contributed by atoms with Gasteiger partial charge >= 0.3 is 10.3 Å². The van der Waals surface area contributed by atoms with Crippen LogP contribution in [0.25, 0.3) is 0 Å². The number of thiocarbonyl (C=S) groups is 1. The van der Waals surface area contributed by atoms with Gasteiger partial charge in [-0.2, -0.15) is 13.1 Å². The Labute approximate surface area is 169 Å². The zero-order valence-corrected chi connectivity index (χ0v) is 17.2. The first-order valence-corrected chi connectivity index (χ1v) is 11.2. The molecule has 2 aromatic rings. The van der Waals surface area contributed by atoms with Crippen LogP contribution in [0.5, 0.6) is 5.75 Å². The van der Waals surface area contributed by atoms with Gasteiger partial charge in [0, 0.05) is 12.2 Å². The number of rotatable bonds is 8. The maximum atomic E-state index is 12.4. The average molecular weight is 446 g/mol. The Balaban J connectivity index is 1.96. The largest absolute Gasteiger partial charge is 0.497 e. The third kappa shape index (κ3) is 7.05. The van der Waals surface area contributed by atoms with Gasteiger partial charge < -0.3 is 10.1 Å². The zero-order chi connectivity index (χ0) is 20.8. The summed E-state index contributed by atoms with van der Waals surface area (Å²) in [6.45, 7) is -0.0148. The number of hydrogen-bond donors (Lipinski definition) is 4. The Morgan fingerprint density at radius 3 is 2.18 bits per heavy atom. The van der Waals surface area contributed by atoms with Crippen molar-refractivity contribution >= 4 is 43.3 Å². The molecule has 0 aliphatic rings. The minimum atomic E-state index is -4.25. The molecular formula is C16H19N3O6S3. The molecule has 0 saturated carbocycles. The van der Waals surface area contributed by atoms with Crippen LogP contribution in [0.3, 0.4) is 0 Å². The van der Waals surface area contributed by atoms with Crippen LogP contribution in [0.2, 0.25) is 0 Å². The average Bonchev–Trinajstić information content (AvgIpc) is 2.61. The fourth-order valence-corrected chi connectivity index (χ4v) is 3.89. The number of hydrogen-bond acceptors (Lipinski definition) is 6. The van der Waals surface area contributed by atoms with E-state index in [0.29, 0.717) is 17.0 Å². The van der Waals surface area contributed by atoms with Gasteiger partial charge in [0.25, 0.3) is 10.0 Å². The van der Waals surface area contributed by atoms with Crippen LogP contribution in [0.15, 0.2) is 53.4 Å². The summed E-state index contributed by atoms with van der Waals surface area (Å²) >= 11 is 5.04. The fraction of sp³-hybridized carbons (Fsp3) is 0.188. The molecule has 0 fully saturated rings. The zero-order valence-electron chi connectivity index (χ0n) is 14.7. The van der Waals surface area contributed by atoms with Gasteiger partial charge in [-0.05, 0) is 60.6 Å². The van der Waals surface area contributed by atoms with Crippen LogP contribution in [0, 0.1) is 0 Å². The number of ether oxygens (including phenoxy) is 1. The lowest BCUT2D eigenvalue weighted by Gasteiger charge is -2.12. The maximum Gasteiger partial charge on any atom is 0.333 e. The Bertz CT molecular complexity index is 1020. The molecule has 0 amide bonds. The van der Waals surface area contributed by atoms with Crippen molar-refractivity contribution < 1.29 is 26.1 Å². The number of anilines is 1. The minimum absolute atomic E-state index is 0.00197. The summed E-state index contributed by atoms with van der Waals surface area (Å²) in [5, 5.41) is 2.68. The van der Waals surface area contributed by atoms with Gasteiger partial charge in [0.1, 0.15) is 5.75 Å². The van der Waals surface area contributed by atoms with Crippen LogP contribution in [-0.4, -0.2) is 40.2 Å². The molecule has 4 N–H and O–H groups in total. The summed E-state index contributed by atoms with van der Waals surface area (Å²) in [7, 11) is -6.60. The number of sulfonamides is 1. The molecule has 0 aromatic heterocycles. The van der Waals surface area contributed by atoms with Crippen molar-refractivity contribution in [1.82, 2.24) is 9.44 Å². The SMILES string of the molecule is COc1ccc(NC(=S)NS(=O)(=O)c2ccc(CCNS(=O)(=O)O)cc2)cc1. The molecule has 2 rings (SSSR count). The van der Waals surface area contributed by atoms with E-state index in [-0.39, 0.29) is 23.0 Å². The monoisotopic (exact) mass is 445 g/mol. The van der Waals surface area contributed by atoms with Crippen molar-refractivity contribution in [2.75, 3.05) is 19.0 Å². The van der Waals surface area contributed by atoms with E-state index in [2.05, 4.69) is 10.0 Å². The molecule has 12 heteroatoms. The fourth-order valence-electron chi connectivity index (χ4n) is 2.17. The van der Waals surface area contributed by atoms with E-state index in [1.54, 1.807) is 36.4 Å². The van der Waals surface area contributed by atoms with Crippen LogP contribution in [0.1, 0.15) is 5.56 Å². The Hall–Kier alpha value is -2.25. The molecule has 0 spiro atoms. The molecule has 152 valence electrons. The molecule has 0 atom stereocenters. The summed E-state index contributed by atoms with van der Waals surface area (Å²) in [5.41, 5.74) is 1.28. The summed E-state index contributed by atoms with van der Waals surface area (Å²) in [6.07, 6.45) is 0.283. The highest BCUT2D eigenvalue weighted by Gasteiger charge is 2.15. The normalized spacial score (nSPS) is 11.6. The van der Waals surface area contributed by atoms with Crippen LogP contribution in [0.4, 0.5) is 5.69 Å². The van der Waals surface area contributed by atoms with Crippen molar-refractivity contribution in [3.05, 3.63) is 54.1 Å². The number of benzene rings is 2. The quantitative estimate of drug-likeness (QED) is 0.353. The van der Waals surface area contributed by atoms with Crippen molar-refractivity contribution in [3.8, 4) is 5.75 Å². The van der Waals surface area contributed by atoms with E-state index in [1.807, 2.05) is 4.72 Å². The lowest BCUT2D eigenvalue weighted by Crippen LogP contribution is -2.34. The summed E-state index contributed by atoms with van der Waals surface area (Å²) in [4.78, 5) is -0.00197. The summed E-state index contributed by atoms with van der Waals surface area (Å²) < 4.78 is 63.9. The van der Waals surface area contributed by atoms with E-state index >= 15 is 0 Å². The topological polar surface area (TPSA) is 134 Å². The predicted octanol–water partition coefficient (Wildman–Crippen LogP) is 1.31. The van der Waals surface area contributed by atoms with Gasteiger partial charge in [-0.1, -0.05) is 12.1 Å². The summed E-state index contributed by atoms with van der Waals surface area (Å²) in [6, 6.07) is 12.6. The van der Waals surface area contributed by atoms with Crippen molar-refractivity contribution in [1.29, 1.82) is 0 Å². The lowest BCUT2D eigenvalue weighted by molar-refractivity contribution is 0.415. The predicted molar refractivity (Wildman–Crippen MR) is 109 cm³/mol. The molecular weight excluding hydrogens is 426 g/mol. The lowest BCUT2D eigenvalue weighted by atomic mass is 10.2. The first-order valence-electron chi connectivity index (χ1n) is 7.88. The highest BCUT2D eigenvalue weighted by molar-refractivity contribution is 7.92. The Kier molecular flexibility index (Phi) is 7.32. The highest BCUT2D eigenvalue weighted by atomic mass is 32.2. The van der Waals surface area contributed by atoms with Gasteiger partial charge in [-0.25, -0.2) is 8.42 Å². The second-order valence-electron chi connectivity index (χ2n) is 5.55. The first kappa shape index (κ1) is 22.0. The second-order valence-corrected chi connectivity index (χ2v) is 8.88. The van der Waals surface area contributed by atoms with E-state index in [4.69, 9.17) is 21.5 Å². The van der Waals surface area contributed by atoms with Crippen molar-refractivity contribution in [2.45, 2.75) is 11.3 Å². The van der Waals surface area contributed by atoms with Gasteiger partial charge in [0.05, 0.1) is 12.0 Å². The third-order valence-electron chi connectivity index (χ3n) is 3.51. The Morgan fingerprint density at radius 2 is 1.64 bits per heavy atom. The number of methoxy groups -OCH3 is 1. The molecule has 0 saturated heterocycles. The summed E-state index contributed by atoms with van der Waals surface area (Å²) in [5.74, 6) is 0.656. The molecule has 0 heterocycles. The van der Waals surface area contributed by atoms with Gasteiger partial charge in [0.2, 0.25) is 0 Å². The maximum absolute atomic E-state index is 12.4. The number of nitrogens with one attached hydrogen (secondary N) is 3. The van der Waals surface area contributed by atoms with Crippen molar-refractivity contribution in [3.63, 3.8) is 0 Å². The van der Waals surface area contributed by atoms with Crippen molar-refractivity contribution in [2.24, 2.45) is 0 Å². The molecule has 28 heavy (non-hydrogen) atoms. The molecule has 0 bridgehead atoms. The van der Waals surface area contributed by atoms with Gasteiger partial charge in [0.15, 0.2) is 5.11 Å². The van der Waals surface area contributed by atoms with E-state index in [1.165, 1.54) is 19.2 Å². The molecule has 2 aromatic carbocycles. The Morgan fingerprint density at radius 1 is 1.04 bits per heavy atom. The molecule has 0 aliphatic heterocycles. The highest BCUT2D eigenvalue weighted by Crippen LogP contribution is 2.15. The van der Waals surface area contributed by atoms with Crippen LogP contribution in [-0.2, 0) is 26.7 Å². The molecule has 0 aliphatic carbocycles. The molecule has 0 unspecified atom stereocenters. The first-order chi connectivity index (χ1) is 13.1. The van der Waals surface area contributed by atoms with E-state index in [9.17, 15) is 16.8 Å². The third-order valence-corrected chi connectivity index (χ3v) is 5.77. The van der Waals surface area contributed by atoms with Gasteiger partial charge in [-0.15, -0.1) is 0 Å². The van der Waals surface area contributed by atoms with Crippen LogP contribution >= 0.6 is 12.2 Å². The van der Waals surface area contributed by atoms with E-state index in [0.717, 1.165) is 0 Å². The second kappa shape index (κ2) is 9.30. The molecule has 9 nitrogen and oxygen atoms in total. The van der Waals surface area contributed by atoms with Crippen LogP contribution < -0.4 is 19.5 Å². The van der Waals surface area contributed by atoms with E-state index < -0.39 is 20.3 Å². The van der Waals surface area contributed by atoms with Gasteiger partial charge in [-0.3, -0.25) is 9.27 Å². The minimum Gasteiger partial charge on any atom is -0.497 e. The molecule has 0 radical (unpaired) electrons.